The number of rotatable bonds is 5. The van der Waals surface area contributed by atoms with Gasteiger partial charge in [0.25, 0.3) is 0 Å². The van der Waals surface area contributed by atoms with Crippen LogP contribution in [0.25, 0.3) is 0 Å². The number of benzene rings is 1. The molecule has 1 saturated carbocycles. The van der Waals surface area contributed by atoms with Crippen molar-refractivity contribution in [2.75, 3.05) is 25.0 Å². The Kier molecular flexibility index (Phi) is 5.25. The van der Waals surface area contributed by atoms with Crippen molar-refractivity contribution in [2.45, 2.75) is 57.5 Å². The second-order valence-corrected chi connectivity index (χ2v) is 8.02. The van der Waals surface area contributed by atoms with Crippen LogP contribution in [-0.4, -0.2) is 47.3 Å². The van der Waals surface area contributed by atoms with E-state index in [2.05, 4.69) is 16.3 Å². The molecule has 5 nitrogen and oxygen atoms in total. The molecule has 3 fully saturated rings. The fraction of sp³-hybridized carbons (Fsp3) is 0.619. The van der Waals surface area contributed by atoms with Crippen molar-refractivity contribution in [2.24, 2.45) is 5.92 Å². The molecule has 0 bridgehead atoms. The maximum absolute atomic E-state index is 12.8. The largest absolute Gasteiger partial charge is 0.339 e. The maximum Gasteiger partial charge on any atom is 0.229 e. The molecular weight excluding hydrogens is 326 g/mol. The number of nitrogens with one attached hydrogen (secondary N) is 1. The van der Waals surface area contributed by atoms with Gasteiger partial charge in [0.05, 0.1) is 5.92 Å². The standard InChI is InChI=1S/C21H29N3O2/c25-20-13-17(15-24(20)18-8-2-3-9-18)21(26)22-19-10-4-1-7-16(19)14-23-11-5-6-12-23/h1,4,7,10,17-18H,2-3,5-6,8-9,11-15H2,(H,22,26). The smallest absolute Gasteiger partial charge is 0.229 e. The zero-order valence-electron chi connectivity index (χ0n) is 15.5. The first-order valence-corrected chi connectivity index (χ1v) is 10.1. The monoisotopic (exact) mass is 355 g/mol. The van der Waals surface area contributed by atoms with Gasteiger partial charge >= 0.3 is 0 Å². The van der Waals surface area contributed by atoms with Gasteiger partial charge in [-0.15, -0.1) is 0 Å². The Morgan fingerprint density at radius 3 is 2.58 bits per heavy atom. The fourth-order valence-electron chi connectivity index (χ4n) is 4.67. The van der Waals surface area contributed by atoms with Gasteiger partial charge in [-0.1, -0.05) is 31.0 Å². The van der Waals surface area contributed by atoms with E-state index in [1.807, 2.05) is 23.1 Å². The second kappa shape index (κ2) is 7.78. The molecule has 1 N–H and O–H groups in total. The molecule has 140 valence electrons. The van der Waals surface area contributed by atoms with Crippen molar-refractivity contribution >= 4 is 17.5 Å². The molecular formula is C21H29N3O2. The molecule has 0 aromatic heterocycles. The van der Waals surface area contributed by atoms with Gasteiger partial charge in [0.15, 0.2) is 0 Å². The van der Waals surface area contributed by atoms with E-state index in [1.165, 1.54) is 31.2 Å². The lowest BCUT2D eigenvalue weighted by atomic mass is 10.1. The van der Waals surface area contributed by atoms with Crippen LogP contribution in [0.15, 0.2) is 24.3 Å². The van der Waals surface area contributed by atoms with Crippen LogP contribution in [0.2, 0.25) is 0 Å². The zero-order chi connectivity index (χ0) is 17.9. The molecule has 1 unspecified atom stereocenters. The van der Waals surface area contributed by atoms with E-state index in [9.17, 15) is 9.59 Å². The molecule has 4 rings (SSSR count). The lowest BCUT2D eigenvalue weighted by Crippen LogP contribution is -2.35. The summed E-state index contributed by atoms with van der Waals surface area (Å²) in [6.07, 6.45) is 7.48. The van der Waals surface area contributed by atoms with Crippen molar-refractivity contribution in [3.8, 4) is 0 Å². The predicted octanol–water partition coefficient (Wildman–Crippen LogP) is 3.01. The summed E-state index contributed by atoms with van der Waals surface area (Å²) in [5.74, 6) is -0.0712. The van der Waals surface area contributed by atoms with Crippen LogP contribution >= 0.6 is 0 Å². The Balaban J connectivity index is 1.39. The summed E-state index contributed by atoms with van der Waals surface area (Å²) in [6.45, 7) is 3.74. The van der Waals surface area contributed by atoms with Crippen molar-refractivity contribution in [3.05, 3.63) is 29.8 Å². The number of para-hydroxylation sites is 1. The summed E-state index contributed by atoms with van der Waals surface area (Å²) in [7, 11) is 0. The number of hydrogen-bond acceptors (Lipinski definition) is 3. The molecule has 5 heteroatoms. The van der Waals surface area contributed by atoms with Crippen molar-refractivity contribution in [1.29, 1.82) is 0 Å². The average Bonchev–Trinajstić information content (AvgIpc) is 3.38. The summed E-state index contributed by atoms with van der Waals surface area (Å²) in [4.78, 5) is 29.6. The highest BCUT2D eigenvalue weighted by atomic mass is 16.2. The number of carbonyl (C=O) groups excluding carboxylic acids is 2. The third-order valence-electron chi connectivity index (χ3n) is 6.16. The van der Waals surface area contributed by atoms with Crippen LogP contribution in [0.1, 0.15) is 50.5 Å². The first-order chi connectivity index (χ1) is 12.7. The Hall–Kier alpha value is -1.88. The van der Waals surface area contributed by atoms with Crippen LogP contribution in [0.3, 0.4) is 0 Å². The highest BCUT2D eigenvalue weighted by molar-refractivity contribution is 5.97. The molecule has 3 aliphatic rings. The van der Waals surface area contributed by atoms with Gasteiger partial charge in [-0.3, -0.25) is 14.5 Å². The maximum atomic E-state index is 12.8. The normalized spacial score (nSPS) is 24.5. The Morgan fingerprint density at radius 1 is 1.08 bits per heavy atom. The molecule has 0 radical (unpaired) electrons. The number of carbonyl (C=O) groups is 2. The summed E-state index contributed by atoms with van der Waals surface area (Å²) in [5, 5.41) is 3.11. The first kappa shape index (κ1) is 17.5. The van der Waals surface area contributed by atoms with E-state index in [-0.39, 0.29) is 17.7 Å². The van der Waals surface area contributed by atoms with E-state index < -0.39 is 0 Å². The molecule has 26 heavy (non-hydrogen) atoms. The highest BCUT2D eigenvalue weighted by Crippen LogP contribution is 2.30. The highest BCUT2D eigenvalue weighted by Gasteiger charge is 2.38. The van der Waals surface area contributed by atoms with Crippen LogP contribution in [0.5, 0.6) is 0 Å². The van der Waals surface area contributed by atoms with E-state index in [0.29, 0.717) is 19.0 Å². The van der Waals surface area contributed by atoms with Gasteiger partial charge in [0.2, 0.25) is 11.8 Å². The van der Waals surface area contributed by atoms with E-state index in [1.54, 1.807) is 0 Å². The predicted molar refractivity (Wildman–Crippen MR) is 102 cm³/mol. The van der Waals surface area contributed by atoms with Gasteiger partial charge in [0, 0.05) is 31.2 Å². The molecule has 2 heterocycles. The van der Waals surface area contributed by atoms with Gasteiger partial charge in [-0.2, -0.15) is 0 Å². The number of amides is 2. The van der Waals surface area contributed by atoms with Crippen LogP contribution in [0, 0.1) is 5.92 Å². The first-order valence-electron chi connectivity index (χ1n) is 10.1. The Labute approximate surface area is 155 Å². The molecule has 1 aromatic carbocycles. The average molecular weight is 355 g/mol. The molecule has 2 aliphatic heterocycles. The molecule has 1 atom stereocenters. The quantitative estimate of drug-likeness (QED) is 0.883. The zero-order valence-corrected chi connectivity index (χ0v) is 15.5. The van der Waals surface area contributed by atoms with E-state index in [0.717, 1.165) is 38.2 Å². The molecule has 0 spiro atoms. The summed E-state index contributed by atoms with van der Waals surface area (Å²) in [6, 6.07) is 8.44. The molecule has 2 amide bonds. The van der Waals surface area contributed by atoms with E-state index >= 15 is 0 Å². The summed E-state index contributed by atoms with van der Waals surface area (Å²) in [5.41, 5.74) is 2.07. The van der Waals surface area contributed by atoms with Crippen LogP contribution in [-0.2, 0) is 16.1 Å². The van der Waals surface area contributed by atoms with Gasteiger partial charge in [0.1, 0.15) is 0 Å². The van der Waals surface area contributed by atoms with Gasteiger partial charge < -0.3 is 10.2 Å². The van der Waals surface area contributed by atoms with Crippen LogP contribution < -0.4 is 5.32 Å². The third kappa shape index (κ3) is 3.78. The van der Waals surface area contributed by atoms with Gasteiger partial charge in [-0.25, -0.2) is 0 Å². The Morgan fingerprint density at radius 2 is 1.81 bits per heavy atom. The van der Waals surface area contributed by atoms with Crippen LogP contribution in [0.4, 0.5) is 5.69 Å². The minimum atomic E-state index is -0.219. The number of nitrogens with zero attached hydrogens (tertiary/aromatic N) is 2. The summed E-state index contributed by atoms with van der Waals surface area (Å²) < 4.78 is 0. The summed E-state index contributed by atoms with van der Waals surface area (Å²) >= 11 is 0. The molecule has 1 aliphatic carbocycles. The third-order valence-corrected chi connectivity index (χ3v) is 6.16. The number of anilines is 1. The Bertz CT molecular complexity index is 663. The molecule has 2 saturated heterocycles. The number of hydrogen-bond donors (Lipinski definition) is 1. The minimum Gasteiger partial charge on any atom is -0.339 e. The molecule has 1 aromatic rings. The topological polar surface area (TPSA) is 52.7 Å². The SMILES string of the molecule is O=C(Nc1ccccc1CN1CCCC1)C1CC(=O)N(C2CCCC2)C1. The van der Waals surface area contributed by atoms with Gasteiger partial charge in [-0.05, 0) is 50.4 Å². The lowest BCUT2D eigenvalue weighted by Gasteiger charge is -2.24. The fourth-order valence-corrected chi connectivity index (χ4v) is 4.67. The lowest BCUT2D eigenvalue weighted by molar-refractivity contribution is -0.129. The van der Waals surface area contributed by atoms with Crippen molar-refractivity contribution in [3.63, 3.8) is 0 Å². The van der Waals surface area contributed by atoms with E-state index in [4.69, 9.17) is 0 Å². The van der Waals surface area contributed by atoms with Crippen molar-refractivity contribution in [1.82, 2.24) is 9.80 Å². The van der Waals surface area contributed by atoms with Crippen molar-refractivity contribution < 1.29 is 9.59 Å². The number of likely N-dealkylation sites (tertiary alicyclic amines) is 2. The second-order valence-electron chi connectivity index (χ2n) is 8.02. The minimum absolute atomic E-state index is 0.00674.